The summed E-state index contributed by atoms with van der Waals surface area (Å²) in [6.45, 7) is 1.31. The zero-order chi connectivity index (χ0) is 13.7. The standard InChI is InChI=1S/C11H17N3O4/c1-7(11(16)6-15)13-8-3-4-9(12-2)10(5-8)14(17)18/h3-5,7,11-13,15-16H,6H2,1-2H3. The van der Waals surface area contributed by atoms with Crippen LogP contribution in [0.15, 0.2) is 18.2 Å². The molecule has 2 unspecified atom stereocenters. The van der Waals surface area contributed by atoms with Crippen molar-refractivity contribution in [1.82, 2.24) is 0 Å². The van der Waals surface area contributed by atoms with Crippen LogP contribution in [0.25, 0.3) is 0 Å². The predicted molar refractivity (Wildman–Crippen MR) is 68.8 cm³/mol. The molecule has 0 bridgehead atoms. The molecule has 0 aliphatic heterocycles. The molecule has 0 saturated heterocycles. The lowest BCUT2D eigenvalue weighted by atomic mass is 10.1. The largest absolute Gasteiger partial charge is 0.394 e. The fourth-order valence-corrected chi connectivity index (χ4v) is 1.50. The van der Waals surface area contributed by atoms with Gasteiger partial charge in [-0.15, -0.1) is 0 Å². The highest BCUT2D eigenvalue weighted by Crippen LogP contribution is 2.27. The summed E-state index contributed by atoms with van der Waals surface area (Å²) in [6.07, 6.45) is -0.923. The van der Waals surface area contributed by atoms with Gasteiger partial charge in [0.25, 0.3) is 5.69 Å². The third-order valence-corrected chi connectivity index (χ3v) is 2.62. The molecule has 100 valence electrons. The molecule has 18 heavy (non-hydrogen) atoms. The van der Waals surface area contributed by atoms with Crippen LogP contribution in [0.2, 0.25) is 0 Å². The highest BCUT2D eigenvalue weighted by atomic mass is 16.6. The second kappa shape index (κ2) is 6.18. The van der Waals surface area contributed by atoms with Gasteiger partial charge in [-0.3, -0.25) is 10.1 Å². The summed E-state index contributed by atoms with van der Waals surface area (Å²) < 4.78 is 0. The maximum Gasteiger partial charge on any atom is 0.294 e. The maximum atomic E-state index is 10.9. The molecule has 0 radical (unpaired) electrons. The molecule has 7 nitrogen and oxygen atoms in total. The minimum atomic E-state index is -0.923. The molecule has 1 aromatic rings. The average molecular weight is 255 g/mol. The van der Waals surface area contributed by atoms with Crippen LogP contribution in [0.4, 0.5) is 17.1 Å². The summed E-state index contributed by atoms with van der Waals surface area (Å²) in [6, 6.07) is 4.22. The van der Waals surface area contributed by atoms with Gasteiger partial charge in [-0.2, -0.15) is 0 Å². The first-order chi connectivity index (χ1) is 8.49. The number of benzene rings is 1. The predicted octanol–water partition coefficient (Wildman–Crippen LogP) is 0.790. The Morgan fingerprint density at radius 2 is 2.17 bits per heavy atom. The fraction of sp³-hybridized carbons (Fsp3) is 0.455. The van der Waals surface area contributed by atoms with E-state index in [1.807, 2.05) is 0 Å². The minimum Gasteiger partial charge on any atom is -0.394 e. The number of nitro groups is 1. The Kier molecular flexibility index (Phi) is 4.87. The van der Waals surface area contributed by atoms with Gasteiger partial charge in [0.05, 0.1) is 23.7 Å². The van der Waals surface area contributed by atoms with E-state index in [1.165, 1.54) is 6.07 Å². The lowest BCUT2D eigenvalue weighted by Crippen LogP contribution is -2.33. The van der Waals surface area contributed by atoms with Crippen LogP contribution in [0.5, 0.6) is 0 Å². The second-order valence-corrected chi connectivity index (χ2v) is 3.92. The van der Waals surface area contributed by atoms with E-state index in [0.717, 1.165) is 0 Å². The van der Waals surface area contributed by atoms with E-state index in [2.05, 4.69) is 10.6 Å². The smallest absolute Gasteiger partial charge is 0.294 e. The van der Waals surface area contributed by atoms with Gasteiger partial charge in [0.15, 0.2) is 0 Å². The average Bonchev–Trinajstić information content (AvgIpc) is 2.37. The lowest BCUT2D eigenvalue weighted by molar-refractivity contribution is -0.383. The first-order valence-corrected chi connectivity index (χ1v) is 5.51. The summed E-state index contributed by atoms with van der Waals surface area (Å²) in [5.74, 6) is 0. The molecule has 1 rings (SSSR count). The van der Waals surface area contributed by atoms with Crippen LogP contribution in [-0.2, 0) is 0 Å². The van der Waals surface area contributed by atoms with Crippen molar-refractivity contribution in [3.8, 4) is 0 Å². The summed E-state index contributed by atoms with van der Waals surface area (Å²) in [7, 11) is 1.60. The fourth-order valence-electron chi connectivity index (χ4n) is 1.50. The van der Waals surface area contributed by atoms with Crippen molar-refractivity contribution in [2.45, 2.75) is 19.1 Å². The van der Waals surface area contributed by atoms with E-state index in [0.29, 0.717) is 11.4 Å². The molecule has 7 heteroatoms. The number of nitrogens with one attached hydrogen (secondary N) is 2. The Morgan fingerprint density at radius 1 is 1.50 bits per heavy atom. The first kappa shape index (κ1) is 14.2. The third kappa shape index (κ3) is 3.31. The van der Waals surface area contributed by atoms with Crippen LogP contribution in [-0.4, -0.2) is 40.9 Å². The molecular weight excluding hydrogens is 238 g/mol. The van der Waals surface area contributed by atoms with E-state index in [-0.39, 0.29) is 12.3 Å². The Morgan fingerprint density at radius 3 is 2.67 bits per heavy atom. The van der Waals surface area contributed by atoms with Gasteiger partial charge >= 0.3 is 0 Å². The number of aliphatic hydroxyl groups is 2. The van der Waals surface area contributed by atoms with Crippen LogP contribution in [0.3, 0.4) is 0 Å². The molecule has 0 heterocycles. The number of hydrogen-bond donors (Lipinski definition) is 4. The Hall–Kier alpha value is -1.86. The highest BCUT2D eigenvalue weighted by molar-refractivity contribution is 5.67. The quantitative estimate of drug-likeness (QED) is 0.442. The van der Waals surface area contributed by atoms with Gasteiger partial charge in [0.1, 0.15) is 5.69 Å². The van der Waals surface area contributed by atoms with Crippen molar-refractivity contribution < 1.29 is 15.1 Å². The van der Waals surface area contributed by atoms with Gasteiger partial charge in [0, 0.05) is 18.8 Å². The van der Waals surface area contributed by atoms with E-state index in [1.54, 1.807) is 26.1 Å². The molecule has 0 fully saturated rings. The van der Waals surface area contributed by atoms with E-state index in [9.17, 15) is 15.2 Å². The molecular formula is C11H17N3O4. The Bertz CT molecular complexity index is 425. The lowest BCUT2D eigenvalue weighted by Gasteiger charge is -2.19. The molecule has 1 aromatic carbocycles. The van der Waals surface area contributed by atoms with E-state index >= 15 is 0 Å². The van der Waals surface area contributed by atoms with Crippen molar-refractivity contribution in [3.63, 3.8) is 0 Å². The van der Waals surface area contributed by atoms with Crippen molar-refractivity contribution >= 4 is 17.1 Å². The zero-order valence-corrected chi connectivity index (χ0v) is 10.3. The van der Waals surface area contributed by atoms with Gasteiger partial charge in [0.2, 0.25) is 0 Å². The third-order valence-electron chi connectivity index (χ3n) is 2.62. The van der Waals surface area contributed by atoms with Gasteiger partial charge in [-0.1, -0.05) is 0 Å². The monoisotopic (exact) mass is 255 g/mol. The molecule has 0 aliphatic carbocycles. The summed E-state index contributed by atoms with van der Waals surface area (Å²) >= 11 is 0. The minimum absolute atomic E-state index is 0.0480. The molecule has 0 spiro atoms. The normalized spacial score (nSPS) is 13.8. The van der Waals surface area contributed by atoms with Crippen LogP contribution in [0.1, 0.15) is 6.92 Å². The van der Waals surface area contributed by atoms with Crippen molar-refractivity contribution in [2.75, 3.05) is 24.3 Å². The molecule has 0 aromatic heterocycles. The van der Waals surface area contributed by atoms with Crippen molar-refractivity contribution in [2.24, 2.45) is 0 Å². The summed E-state index contributed by atoms with van der Waals surface area (Å²) in [4.78, 5) is 10.4. The molecule has 0 aliphatic rings. The maximum absolute atomic E-state index is 10.9. The summed E-state index contributed by atoms with van der Waals surface area (Å²) in [5.41, 5.74) is 0.884. The molecule has 0 saturated carbocycles. The van der Waals surface area contributed by atoms with Crippen molar-refractivity contribution in [3.05, 3.63) is 28.3 Å². The van der Waals surface area contributed by atoms with Crippen LogP contribution < -0.4 is 10.6 Å². The number of nitro benzene ring substituents is 1. The second-order valence-electron chi connectivity index (χ2n) is 3.92. The van der Waals surface area contributed by atoms with Crippen LogP contribution >= 0.6 is 0 Å². The Labute approximate surface area is 105 Å². The highest BCUT2D eigenvalue weighted by Gasteiger charge is 2.16. The van der Waals surface area contributed by atoms with Crippen LogP contribution in [0, 0.1) is 10.1 Å². The summed E-state index contributed by atoms with van der Waals surface area (Å²) in [5, 5.41) is 34.7. The van der Waals surface area contributed by atoms with Gasteiger partial charge in [-0.05, 0) is 19.1 Å². The van der Waals surface area contributed by atoms with Gasteiger partial charge < -0.3 is 20.8 Å². The number of aliphatic hydroxyl groups excluding tert-OH is 2. The molecule has 2 atom stereocenters. The number of nitrogens with zero attached hydrogens (tertiary/aromatic N) is 1. The van der Waals surface area contributed by atoms with E-state index < -0.39 is 17.1 Å². The van der Waals surface area contributed by atoms with Crippen molar-refractivity contribution in [1.29, 1.82) is 0 Å². The SMILES string of the molecule is CNc1ccc(NC(C)C(O)CO)cc1[N+](=O)[O-]. The topological polar surface area (TPSA) is 108 Å². The zero-order valence-electron chi connectivity index (χ0n) is 10.3. The molecule has 0 amide bonds. The molecule has 4 N–H and O–H groups in total. The number of hydrogen-bond acceptors (Lipinski definition) is 6. The van der Waals surface area contributed by atoms with E-state index in [4.69, 9.17) is 5.11 Å². The number of rotatable bonds is 6. The first-order valence-electron chi connectivity index (χ1n) is 5.51. The number of anilines is 2. The Balaban J connectivity index is 2.91. The van der Waals surface area contributed by atoms with Gasteiger partial charge in [-0.25, -0.2) is 0 Å².